The number of nitrogens with one attached hydrogen (secondary N) is 1. The van der Waals surface area contributed by atoms with Crippen molar-refractivity contribution in [2.75, 3.05) is 19.6 Å². The van der Waals surface area contributed by atoms with Gasteiger partial charge < -0.3 is 9.73 Å². The van der Waals surface area contributed by atoms with Crippen LogP contribution in [0.3, 0.4) is 0 Å². The molecule has 3 aromatic rings. The summed E-state index contributed by atoms with van der Waals surface area (Å²) in [5.74, 6) is 0.780. The summed E-state index contributed by atoms with van der Waals surface area (Å²) in [5.41, 5.74) is 1.16. The van der Waals surface area contributed by atoms with E-state index in [1.165, 1.54) is 30.6 Å². The van der Waals surface area contributed by atoms with Gasteiger partial charge in [-0.25, -0.2) is 0 Å². The second-order valence-electron chi connectivity index (χ2n) is 7.08. The molecule has 0 spiro atoms. The van der Waals surface area contributed by atoms with Crippen LogP contribution in [0.25, 0.3) is 10.1 Å². The molecular formula is C21H23ClN2O2S. The highest BCUT2D eigenvalue weighted by molar-refractivity contribution is 7.21. The summed E-state index contributed by atoms with van der Waals surface area (Å²) in [5, 5.41) is 4.57. The first-order valence-electron chi connectivity index (χ1n) is 9.38. The maximum Gasteiger partial charge on any atom is 0.263 e. The highest BCUT2D eigenvalue weighted by atomic mass is 35.5. The van der Waals surface area contributed by atoms with E-state index in [1.807, 2.05) is 31.2 Å². The lowest BCUT2D eigenvalue weighted by molar-refractivity contribution is 0.0918. The first-order chi connectivity index (χ1) is 13.1. The number of furan rings is 1. The molecule has 4 nitrogen and oxygen atoms in total. The number of amides is 1. The van der Waals surface area contributed by atoms with E-state index in [9.17, 15) is 4.79 Å². The minimum Gasteiger partial charge on any atom is -0.468 e. The fraction of sp³-hybridized carbons (Fsp3) is 0.381. The summed E-state index contributed by atoms with van der Waals surface area (Å²) < 4.78 is 6.70. The van der Waals surface area contributed by atoms with Crippen molar-refractivity contribution >= 4 is 38.9 Å². The summed E-state index contributed by atoms with van der Waals surface area (Å²) >= 11 is 7.94. The molecule has 1 atom stereocenters. The number of benzene rings is 1. The number of thiophene rings is 1. The lowest BCUT2D eigenvalue weighted by Crippen LogP contribution is -2.40. The van der Waals surface area contributed by atoms with E-state index in [-0.39, 0.29) is 11.9 Å². The number of piperidine rings is 1. The van der Waals surface area contributed by atoms with Gasteiger partial charge >= 0.3 is 0 Å². The molecule has 1 saturated heterocycles. The second-order valence-corrected chi connectivity index (χ2v) is 8.51. The molecule has 0 radical (unpaired) electrons. The topological polar surface area (TPSA) is 45.5 Å². The molecule has 2 aromatic heterocycles. The molecule has 1 aromatic carbocycles. The largest absolute Gasteiger partial charge is 0.468 e. The van der Waals surface area contributed by atoms with Gasteiger partial charge in [-0.3, -0.25) is 9.69 Å². The first-order valence-corrected chi connectivity index (χ1v) is 10.6. The van der Waals surface area contributed by atoms with Crippen molar-refractivity contribution in [2.24, 2.45) is 0 Å². The van der Waals surface area contributed by atoms with Gasteiger partial charge in [-0.2, -0.15) is 0 Å². The minimum atomic E-state index is -0.118. The number of carbonyl (C=O) groups excluding carboxylic acids is 1. The summed E-state index contributed by atoms with van der Waals surface area (Å²) in [6, 6.07) is 10.0. The Kier molecular flexibility index (Phi) is 5.53. The Bertz CT molecular complexity index is 929. The van der Waals surface area contributed by atoms with Crippen LogP contribution >= 0.6 is 22.9 Å². The number of likely N-dealkylation sites (tertiary alicyclic amines) is 1. The van der Waals surface area contributed by atoms with E-state index in [0.717, 1.165) is 34.5 Å². The SMILES string of the molecule is Cc1ccc2c(Cl)c(C(=O)NC[C@H](c3ccco3)N3CCCCC3)sc2c1. The van der Waals surface area contributed by atoms with Crippen molar-refractivity contribution < 1.29 is 9.21 Å². The zero-order valence-electron chi connectivity index (χ0n) is 15.3. The smallest absolute Gasteiger partial charge is 0.263 e. The van der Waals surface area contributed by atoms with Gasteiger partial charge in [-0.15, -0.1) is 11.3 Å². The molecular weight excluding hydrogens is 380 g/mol. The molecule has 1 N–H and O–H groups in total. The third-order valence-corrected chi connectivity index (χ3v) is 6.81. The number of nitrogens with zero attached hydrogens (tertiary/aromatic N) is 1. The van der Waals surface area contributed by atoms with E-state index < -0.39 is 0 Å². The van der Waals surface area contributed by atoms with Crippen LogP contribution in [-0.2, 0) is 0 Å². The van der Waals surface area contributed by atoms with Gasteiger partial charge in [0.1, 0.15) is 10.6 Å². The zero-order chi connectivity index (χ0) is 18.8. The van der Waals surface area contributed by atoms with Crippen molar-refractivity contribution in [3.8, 4) is 0 Å². The van der Waals surface area contributed by atoms with E-state index in [1.54, 1.807) is 6.26 Å². The van der Waals surface area contributed by atoms with Crippen LogP contribution in [0.5, 0.6) is 0 Å². The standard InChI is InChI=1S/C21H23ClN2O2S/c1-14-7-8-15-18(12-14)27-20(19(15)22)21(25)23-13-16(17-6-5-11-26-17)24-9-3-2-4-10-24/h5-8,11-12,16H,2-4,9-10,13H2,1H3,(H,23,25)/t16-/m1/s1. The van der Waals surface area contributed by atoms with E-state index in [4.69, 9.17) is 16.0 Å². The molecule has 0 unspecified atom stereocenters. The van der Waals surface area contributed by atoms with Crippen molar-refractivity contribution in [3.05, 3.63) is 57.8 Å². The fourth-order valence-electron chi connectivity index (χ4n) is 3.71. The highest BCUT2D eigenvalue weighted by Gasteiger charge is 2.26. The second kappa shape index (κ2) is 8.05. The Hall–Kier alpha value is -1.82. The normalized spacial score (nSPS) is 16.5. The highest BCUT2D eigenvalue weighted by Crippen LogP contribution is 2.36. The fourth-order valence-corrected chi connectivity index (χ4v) is 5.24. The van der Waals surface area contributed by atoms with Crippen LogP contribution in [0.15, 0.2) is 41.0 Å². The number of hydrogen-bond acceptors (Lipinski definition) is 4. The van der Waals surface area contributed by atoms with Gasteiger partial charge in [0.15, 0.2) is 0 Å². The van der Waals surface area contributed by atoms with Gasteiger partial charge in [-0.1, -0.05) is 30.2 Å². The number of halogens is 1. The van der Waals surface area contributed by atoms with Crippen LogP contribution in [0.4, 0.5) is 0 Å². The lowest BCUT2D eigenvalue weighted by atomic mass is 10.1. The zero-order valence-corrected chi connectivity index (χ0v) is 16.9. The van der Waals surface area contributed by atoms with Crippen LogP contribution in [0.2, 0.25) is 5.02 Å². The molecule has 0 bridgehead atoms. The first kappa shape index (κ1) is 18.5. The molecule has 3 heterocycles. The third-order valence-electron chi connectivity index (χ3n) is 5.15. The van der Waals surface area contributed by atoms with Crippen LogP contribution in [-0.4, -0.2) is 30.4 Å². The van der Waals surface area contributed by atoms with Gasteiger partial charge in [0, 0.05) is 16.6 Å². The predicted molar refractivity (Wildman–Crippen MR) is 111 cm³/mol. The van der Waals surface area contributed by atoms with E-state index in [0.29, 0.717) is 16.4 Å². The van der Waals surface area contributed by atoms with Crippen LogP contribution < -0.4 is 5.32 Å². The lowest BCUT2D eigenvalue weighted by Gasteiger charge is -2.33. The number of aryl methyl sites for hydroxylation is 1. The van der Waals surface area contributed by atoms with Crippen molar-refractivity contribution in [1.82, 2.24) is 10.2 Å². The number of rotatable bonds is 5. The maximum absolute atomic E-state index is 12.8. The summed E-state index contributed by atoms with van der Waals surface area (Å²) in [4.78, 5) is 15.8. The molecule has 142 valence electrons. The quantitative estimate of drug-likeness (QED) is 0.620. The molecule has 1 amide bonds. The monoisotopic (exact) mass is 402 g/mol. The molecule has 0 saturated carbocycles. The Morgan fingerprint density at radius 2 is 2.11 bits per heavy atom. The Balaban J connectivity index is 1.52. The van der Waals surface area contributed by atoms with Crippen LogP contribution in [0, 0.1) is 6.92 Å². The third kappa shape index (κ3) is 3.91. The molecule has 0 aliphatic carbocycles. The number of carbonyl (C=O) groups is 1. The summed E-state index contributed by atoms with van der Waals surface area (Å²) in [7, 11) is 0. The summed E-state index contributed by atoms with van der Waals surface area (Å²) in [6.07, 6.45) is 5.34. The van der Waals surface area contributed by atoms with Crippen LogP contribution in [0.1, 0.15) is 46.3 Å². The molecule has 6 heteroatoms. The Morgan fingerprint density at radius 3 is 2.85 bits per heavy atom. The van der Waals surface area contributed by atoms with Gasteiger partial charge in [-0.05, 0) is 56.6 Å². The van der Waals surface area contributed by atoms with Gasteiger partial charge in [0.2, 0.25) is 0 Å². The molecule has 4 rings (SSSR count). The number of fused-ring (bicyclic) bond motifs is 1. The van der Waals surface area contributed by atoms with Crippen molar-refractivity contribution in [2.45, 2.75) is 32.2 Å². The van der Waals surface area contributed by atoms with E-state index >= 15 is 0 Å². The molecule has 1 fully saturated rings. The number of hydrogen-bond donors (Lipinski definition) is 1. The Morgan fingerprint density at radius 1 is 1.30 bits per heavy atom. The van der Waals surface area contributed by atoms with Crippen molar-refractivity contribution in [1.29, 1.82) is 0 Å². The summed E-state index contributed by atoms with van der Waals surface area (Å²) in [6.45, 7) is 4.61. The molecule has 1 aliphatic heterocycles. The molecule has 1 aliphatic rings. The minimum absolute atomic E-state index is 0.0552. The average molecular weight is 403 g/mol. The average Bonchev–Trinajstić information content (AvgIpc) is 3.31. The van der Waals surface area contributed by atoms with E-state index in [2.05, 4.69) is 16.3 Å². The predicted octanol–water partition coefficient (Wildman–Crippen LogP) is 5.41. The Labute approximate surface area is 168 Å². The maximum atomic E-state index is 12.8. The van der Waals surface area contributed by atoms with Crippen molar-refractivity contribution in [3.63, 3.8) is 0 Å². The van der Waals surface area contributed by atoms with Gasteiger partial charge in [0.05, 0.1) is 17.3 Å². The molecule has 27 heavy (non-hydrogen) atoms. The van der Waals surface area contributed by atoms with Gasteiger partial charge in [0.25, 0.3) is 5.91 Å².